The van der Waals surface area contributed by atoms with Crippen LogP contribution in [-0.2, 0) is 7.05 Å². The molecule has 0 fully saturated rings. The fourth-order valence-electron chi connectivity index (χ4n) is 4.43. The summed E-state index contributed by atoms with van der Waals surface area (Å²) < 4.78 is 4.83. The number of aromatic nitrogens is 2. The zero-order valence-electron chi connectivity index (χ0n) is 19.9. The minimum Gasteiger partial charge on any atom is -0.308 e. The lowest BCUT2D eigenvalue weighted by molar-refractivity contribution is -0.661. The summed E-state index contributed by atoms with van der Waals surface area (Å²) in [5.74, 6) is 0.930. The third-order valence-electron chi connectivity index (χ3n) is 6.57. The maximum Gasteiger partial charge on any atom is 0.229 e. The molecule has 0 aliphatic rings. The standard InChI is InChI=1S/C27H37N2/c1-16(2)23-12-11-13-24(17(3)4)27(23)29-22(9)20(7)21(8)26(29)25-14-18(5)19(6)15-28(25)10/h11-17H,1-10H3/q+1. The first-order valence-corrected chi connectivity index (χ1v) is 10.8. The van der Waals surface area contributed by atoms with Crippen molar-refractivity contribution in [3.05, 3.63) is 69.5 Å². The van der Waals surface area contributed by atoms with Crippen molar-refractivity contribution < 1.29 is 4.57 Å². The summed E-state index contributed by atoms with van der Waals surface area (Å²) in [6.07, 6.45) is 2.25. The van der Waals surface area contributed by atoms with Gasteiger partial charge < -0.3 is 4.57 Å². The minimum atomic E-state index is 0.465. The molecule has 0 unspecified atom stereocenters. The van der Waals surface area contributed by atoms with Gasteiger partial charge >= 0.3 is 0 Å². The third kappa shape index (κ3) is 3.54. The molecular formula is C27H37N2+. The van der Waals surface area contributed by atoms with E-state index in [4.69, 9.17) is 0 Å². The van der Waals surface area contributed by atoms with E-state index in [1.54, 1.807) is 0 Å². The van der Waals surface area contributed by atoms with E-state index in [1.807, 2.05) is 0 Å². The third-order valence-corrected chi connectivity index (χ3v) is 6.57. The quantitative estimate of drug-likeness (QED) is 0.436. The van der Waals surface area contributed by atoms with Crippen LogP contribution in [0, 0.1) is 34.6 Å². The van der Waals surface area contributed by atoms with E-state index >= 15 is 0 Å². The first-order chi connectivity index (χ1) is 13.6. The molecule has 0 bridgehead atoms. The van der Waals surface area contributed by atoms with Crippen molar-refractivity contribution in [1.82, 2.24) is 4.57 Å². The van der Waals surface area contributed by atoms with Crippen molar-refractivity contribution in [2.24, 2.45) is 7.05 Å². The molecule has 154 valence electrons. The molecule has 3 rings (SSSR count). The number of para-hydroxylation sites is 1. The lowest BCUT2D eigenvalue weighted by atomic mass is 9.92. The summed E-state index contributed by atoms with van der Waals surface area (Å²) in [7, 11) is 2.17. The Bertz CT molecular complexity index is 1040. The van der Waals surface area contributed by atoms with Crippen molar-refractivity contribution in [2.45, 2.75) is 74.1 Å². The summed E-state index contributed by atoms with van der Waals surface area (Å²) in [6, 6.07) is 9.18. The molecule has 0 aliphatic carbocycles. The molecule has 2 nitrogen and oxygen atoms in total. The molecule has 3 aromatic rings. The SMILES string of the molecule is Cc1cc(-c2c(C)c(C)c(C)n2-c2c(C(C)C)cccc2C(C)C)[n+](C)cc1C. The van der Waals surface area contributed by atoms with Crippen molar-refractivity contribution in [3.8, 4) is 17.1 Å². The van der Waals surface area contributed by atoms with Gasteiger partial charge in [-0.3, -0.25) is 0 Å². The first kappa shape index (κ1) is 21.4. The van der Waals surface area contributed by atoms with Gasteiger partial charge in [-0.25, -0.2) is 0 Å². The lowest BCUT2D eigenvalue weighted by Gasteiger charge is -2.23. The molecule has 2 heteroatoms. The van der Waals surface area contributed by atoms with Crippen LogP contribution in [0.25, 0.3) is 17.1 Å². The second-order valence-electron chi connectivity index (χ2n) is 9.25. The second-order valence-corrected chi connectivity index (χ2v) is 9.25. The number of hydrogen-bond donors (Lipinski definition) is 0. The molecule has 29 heavy (non-hydrogen) atoms. The number of nitrogens with zero attached hydrogens (tertiary/aromatic N) is 2. The number of hydrogen-bond acceptors (Lipinski definition) is 0. The second kappa shape index (κ2) is 7.82. The van der Waals surface area contributed by atoms with Crippen LogP contribution < -0.4 is 4.57 Å². The number of pyridine rings is 1. The van der Waals surface area contributed by atoms with Gasteiger partial charge in [0.05, 0.1) is 5.69 Å². The summed E-state index contributed by atoms with van der Waals surface area (Å²) >= 11 is 0. The summed E-state index contributed by atoms with van der Waals surface area (Å²) in [5.41, 5.74) is 13.6. The van der Waals surface area contributed by atoms with Crippen molar-refractivity contribution in [3.63, 3.8) is 0 Å². The Balaban J connectivity index is 2.49. The molecule has 0 spiro atoms. The molecule has 0 atom stereocenters. The summed E-state index contributed by atoms with van der Waals surface area (Å²) in [4.78, 5) is 0. The monoisotopic (exact) mass is 389 g/mol. The van der Waals surface area contributed by atoms with Gasteiger partial charge in [0.2, 0.25) is 5.69 Å². The van der Waals surface area contributed by atoms with E-state index in [-0.39, 0.29) is 0 Å². The van der Waals surface area contributed by atoms with E-state index in [0.29, 0.717) is 11.8 Å². The van der Waals surface area contributed by atoms with Gasteiger partial charge in [0.1, 0.15) is 12.7 Å². The first-order valence-electron chi connectivity index (χ1n) is 10.8. The fraction of sp³-hybridized carbons (Fsp3) is 0.444. The molecule has 0 N–H and O–H groups in total. The number of rotatable bonds is 4. The Morgan fingerprint density at radius 1 is 0.793 bits per heavy atom. The highest BCUT2D eigenvalue weighted by molar-refractivity contribution is 5.68. The molecule has 2 aromatic heterocycles. The van der Waals surface area contributed by atoms with Gasteiger partial charge in [-0.05, 0) is 74.3 Å². The molecule has 0 saturated heterocycles. The van der Waals surface area contributed by atoms with E-state index in [2.05, 4.69) is 109 Å². The zero-order valence-corrected chi connectivity index (χ0v) is 19.9. The van der Waals surface area contributed by atoms with Gasteiger partial charge in [0, 0.05) is 17.3 Å². The molecular weight excluding hydrogens is 352 g/mol. The maximum absolute atomic E-state index is 2.54. The summed E-state index contributed by atoms with van der Waals surface area (Å²) in [6.45, 7) is 20.4. The van der Waals surface area contributed by atoms with E-state index in [9.17, 15) is 0 Å². The molecule has 0 aliphatic heterocycles. The van der Waals surface area contributed by atoms with Crippen molar-refractivity contribution in [2.75, 3.05) is 0 Å². The van der Waals surface area contributed by atoms with Gasteiger partial charge in [-0.1, -0.05) is 45.9 Å². The van der Waals surface area contributed by atoms with Gasteiger partial charge in [0.15, 0.2) is 6.20 Å². The highest BCUT2D eigenvalue weighted by Crippen LogP contribution is 2.38. The fourth-order valence-corrected chi connectivity index (χ4v) is 4.43. The van der Waals surface area contributed by atoms with Crippen molar-refractivity contribution >= 4 is 0 Å². The average Bonchev–Trinajstić information content (AvgIpc) is 2.87. The average molecular weight is 390 g/mol. The topological polar surface area (TPSA) is 8.81 Å². The predicted molar refractivity (Wildman–Crippen MR) is 124 cm³/mol. The van der Waals surface area contributed by atoms with Crippen LogP contribution in [0.4, 0.5) is 0 Å². The highest BCUT2D eigenvalue weighted by atomic mass is 15.1. The Labute approximate surface area is 177 Å². The molecule has 2 heterocycles. The Morgan fingerprint density at radius 3 is 1.86 bits per heavy atom. The zero-order chi connectivity index (χ0) is 21.6. The van der Waals surface area contributed by atoms with Crippen LogP contribution in [0.1, 0.15) is 78.6 Å². The predicted octanol–water partition coefficient (Wildman–Crippen LogP) is 6.76. The Kier molecular flexibility index (Phi) is 5.76. The van der Waals surface area contributed by atoms with Crippen LogP contribution in [0.15, 0.2) is 30.5 Å². The van der Waals surface area contributed by atoms with Crippen LogP contribution in [0.2, 0.25) is 0 Å². The van der Waals surface area contributed by atoms with E-state index in [0.717, 1.165) is 0 Å². The van der Waals surface area contributed by atoms with Crippen LogP contribution >= 0.6 is 0 Å². The van der Waals surface area contributed by atoms with Crippen LogP contribution in [-0.4, -0.2) is 4.57 Å². The highest BCUT2D eigenvalue weighted by Gasteiger charge is 2.27. The van der Waals surface area contributed by atoms with Gasteiger partial charge in [-0.2, -0.15) is 4.57 Å². The Hall–Kier alpha value is -2.35. The van der Waals surface area contributed by atoms with Crippen molar-refractivity contribution in [1.29, 1.82) is 0 Å². The van der Waals surface area contributed by atoms with Gasteiger partial charge in [0.25, 0.3) is 0 Å². The lowest BCUT2D eigenvalue weighted by Crippen LogP contribution is -2.32. The number of aryl methyl sites for hydroxylation is 3. The normalized spacial score (nSPS) is 11.7. The molecule has 0 saturated carbocycles. The smallest absolute Gasteiger partial charge is 0.229 e. The summed E-state index contributed by atoms with van der Waals surface area (Å²) in [5, 5.41) is 0. The van der Waals surface area contributed by atoms with E-state index < -0.39 is 0 Å². The van der Waals surface area contributed by atoms with Crippen LogP contribution in [0.3, 0.4) is 0 Å². The minimum absolute atomic E-state index is 0.465. The Morgan fingerprint density at radius 2 is 1.34 bits per heavy atom. The van der Waals surface area contributed by atoms with Crippen LogP contribution in [0.5, 0.6) is 0 Å². The number of benzene rings is 1. The maximum atomic E-state index is 2.54. The molecule has 0 radical (unpaired) electrons. The van der Waals surface area contributed by atoms with Gasteiger partial charge in [-0.15, -0.1) is 0 Å². The largest absolute Gasteiger partial charge is 0.308 e. The molecule has 0 amide bonds. The molecule has 1 aromatic carbocycles. The van der Waals surface area contributed by atoms with E-state index in [1.165, 1.54) is 56.1 Å².